The van der Waals surface area contributed by atoms with Gasteiger partial charge in [0, 0.05) is 34.4 Å². The number of piperidine rings is 1. The van der Waals surface area contributed by atoms with E-state index in [0.29, 0.717) is 30.6 Å². The molecule has 1 amide bonds. The fourth-order valence-corrected chi connectivity index (χ4v) is 5.66. The predicted molar refractivity (Wildman–Crippen MR) is 115 cm³/mol. The van der Waals surface area contributed by atoms with Crippen molar-refractivity contribution in [3.05, 3.63) is 63.6 Å². The number of carboxylic acid groups (broad SMARTS) is 1. The Morgan fingerprint density at radius 3 is 2.33 bits per heavy atom. The molecule has 1 heterocycles. The van der Waals surface area contributed by atoms with Crippen molar-refractivity contribution in [1.29, 1.82) is 0 Å². The van der Waals surface area contributed by atoms with Gasteiger partial charge in [0.2, 0.25) is 15.9 Å². The van der Waals surface area contributed by atoms with Crippen molar-refractivity contribution in [1.82, 2.24) is 4.31 Å². The summed E-state index contributed by atoms with van der Waals surface area (Å²) in [5, 5.41) is 12.2. The summed E-state index contributed by atoms with van der Waals surface area (Å²) in [6.07, 6.45) is 1.10. The van der Waals surface area contributed by atoms with E-state index in [4.69, 9.17) is 28.3 Å². The van der Waals surface area contributed by atoms with Crippen LogP contribution in [0.15, 0.2) is 42.5 Å². The van der Waals surface area contributed by atoms with E-state index in [1.54, 1.807) is 18.2 Å². The summed E-state index contributed by atoms with van der Waals surface area (Å²) in [7, 11) is -3.72. The minimum Gasteiger partial charge on any atom is -0.478 e. The number of benzene rings is 2. The van der Waals surface area contributed by atoms with Gasteiger partial charge in [-0.05, 0) is 49.2 Å². The number of carbonyl (C=O) groups is 2. The van der Waals surface area contributed by atoms with Gasteiger partial charge in [-0.3, -0.25) is 4.79 Å². The highest BCUT2D eigenvalue weighted by molar-refractivity contribution is 7.88. The molecule has 0 unspecified atom stereocenters. The number of halogens is 2. The third-order valence-electron chi connectivity index (χ3n) is 4.94. The van der Waals surface area contributed by atoms with E-state index in [2.05, 4.69) is 5.32 Å². The Bertz CT molecular complexity index is 1040. The van der Waals surface area contributed by atoms with Crippen LogP contribution < -0.4 is 5.32 Å². The number of sulfonamides is 1. The molecule has 30 heavy (non-hydrogen) atoms. The topological polar surface area (TPSA) is 104 Å². The summed E-state index contributed by atoms with van der Waals surface area (Å²) in [4.78, 5) is 23.6. The molecule has 1 aliphatic heterocycles. The van der Waals surface area contributed by atoms with E-state index < -0.39 is 21.9 Å². The van der Waals surface area contributed by atoms with Gasteiger partial charge in [0.05, 0.1) is 17.2 Å². The molecular formula is C20H20Cl2N2O5S. The molecule has 2 N–H and O–H groups in total. The zero-order valence-corrected chi connectivity index (χ0v) is 18.2. The summed E-state index contributed by atoms with van der Waals surface area (Å²) in [5.41, 5.74) is 0.903. The average molecular weight is 471 g/mol. The number of aromatic carboxylic acids is 1. The van der Waals surface area contributed by atoms with Gasteiger partial charge in [-0.2, -0.15) is 0 Å². The molecular weight excluding hydrogens is 451 g/mol. The first kappa shape index (κ1) is 22.6. The van der Waals surface area contributed by atoms with Gasteiger partial charge in [0.15, 0.2) is 0 Å². The lowest BCUT2D eigenvalue weighted by Crippen LogP contribution is -2.44. The number of anilines is 1. The van der Waals surface area contributed by atoms with Crippen LogP contribution in [0.1, 0.15) is 28.8 Å². The van der Waals surface area contributed by atoms with Crippen LogP contribution in [-0.4, -0.2) is 42.8 Å². The lowest BCUT2D eigenvalue weighted by Gasteiger charge is -2.31. The van der Waals surface area contributed by atoms with E-state index in [1.165, 1.54) is 28.6 Å². The van der Waals surface area contributed by atoms with Crippen LogP contribution in [0, 0.1) is 5.92 Å². The summed E-state index contributed by atoms with van der Waals surface area (Å²) >= 11 is 12.2. The van der Waals surface area contributed by atoms with Crippen LogP contribution in [0.2, 0.25) is 10.0 Å². The minimum atomic E-state index is -3.72. The molecule has 1 aliphatic rings. The first-order valence-electron chi connectivity index (χ1n) is 9.22. The molecule has 7 nitrogen and oxygen atoms in total. The van der Waals surface area contributed by atoms with Gasteiger partial charge >= 0.3 is 5.97 Å². The van der Waals surface area contributed by atoms with Gasteiger partial charge < -0.3 is 10.4 Å². The second-order valence-corrected chi connectivity index (χ2v) is 9.81. The molecule has 0 spiro atoms. The highest BCUT2D eigenvalue weighted by atomic mass is 35.5. The van der Waals surface area contributed by atoms with Crippen molar-refractivity contribution in [3.8, 4) is 0 Å². The lowest BCUT2D eigenvalue weighted by molar-refractivity contribution is -0.120. The second kappa shape index (κ2) is 9.34. The maximum Gasteiger partial charge on any atom is 0.335 e. The Labute approximate surface area is 184 Å². The van der Waals surface area contributed by atoms with Crippen LogP contribution >= 0.6 is 23.2 Å². The van der Waals surface area contributed by atoms with Gasteiger partial charge in [-0.1, -0.05) is 29.3 Å². The van der Waals surface area contributed by atoms with Crippen LogP contribution in [0.4, 0.5) is 5.69 Å². The normalized spacial score (nSPS) is 17.5. The summed E-state index contributed by atoms with van der Waals surface area (Å²) < 4.78 is 27.1. The van der Waals surface area contributed by atoms with Crippen molar-refractivity contribution in [3.63, 3.8) is 0 Å². The maximum atomic E-state index is 12.9. The third kappa shape index (κ3) is 5.31. The molecule has 1 saturated heterocycles. The molecule has 0 radical (unpaired) electrons. The maximum absolute atomic E-state index is 12.9. The molecule has 0 bridgehead atoms. The number of rotatable bonds is 6. The lowest BCUT2D eigenvalue weighted by atomic mass is 9.98. The Morgan fingerprint density at radius 2 is 1.73 bits per heavy atom. The fourth-order valence-electron chi connectivity index (χ4n) is 3.29. The van der Waals surface area contributed by atoms with Gasteiger partial charge in [-0.15, -0.1) is 0 Å². The van der Waals surface area contributed by atoms with Crippen LogP contribution in [0.5, 0.6) is 0 Å². The van der Waals surface area contributed by atoms with Crippen molar-refractivity contribution in [2.75, 3.05) is 18.4 Å². The van der Waals surface area contributed by atoms with Crippen LogP contribution in [0.3, 0.4) is 0 Å². The number of hydrogen-bond acceptors (Lipinski definition) is 4. The molecule has 0 aromatic heterocycles. The van der Waals surface area contributed by atoms with Crippen molar-refractivity contribution in [2.24, 2.45) is 5.92 Å². The number of carboxylic acids is 1. The van der Waals surface area contributed by atoms with Crippen molar-refractivity contribution in [2.45, 2.75) is 18.6 Å². The van der Waals surface area contributed by atoms with E-state index in [1.807, 2.05) is 0 Å². The number of nitrogens with one attached hydrogen (secondary N) is 1. The molecule has 0 saturated carbocycles. The number of carbonyl (C=O) groups excluding carboxylic acids is 1. The Balaban J connectivity index is 1.68. The Hall–Kier alpha value is -2.13. The highest BCUT2D eigenvalue weighted by Crippen LogP contribution is 2.29. The van der Waals surface area contributed by atoms with E-state index in [9.17, 15) is 18.0 Å². The SMILES string of the molecule is O=C(O)c1ccc(NC(=O)[C@H]2CCCN(S(=O)(=O)Cc3c(Cl)cccc3Cl)C2)cc1. The average Bonchev–Trinajstić information content (AvgIpc) is 2.71. The van der Waals surface area contributed by atoms with Gasteiger partial charge in [-0.25, -0.2) is 17.5 Å². The van der Waals surface area contributed by atoms with Crippen LogP contribution in [0.25, 0.3) is 0 Å². The molecule has 2 aromatic carbocycles. The van der Waals surface area contributed by atoms with Gasteiger partial charge in [0.1, 0.15) is 0 Å². The number of hydrogen-bond donors (Lipinski definition) is 2. The van der Waals surface area contributed by atoms with Crippen LogP contribution in [-0.2, 0) is 20.6 Å². The summed E-state index contributed by atoms with van der Waals surface area (Å²) in [6, 6.07) is 10.6. The minimum absolute atomic E-state index is 0.0590. The first-order chi connectivity index (χ1) is 14.2. The molecule has 3 rings (SSSR count). The third-order valence-corrected chi connectivity index (χ3v) is 7.42. The molecule has 10 heteroatoms. The molecule has 1 fully saturated rings. The smallest absolute Gasteiger partial charge is 0.335 e. The number of nitrogens with zero attached hydrogens (tertiary/aromatic N) is 1. The second-order valence-electron chi connectivity index (χ2n) is 7.03. The monoisotopic (exact) mass is 470 g/mol. The molecule has 160 valence electrons. The number of amides is 1. The van der Waals surface area contributed by atoms with E-state index in [-0.39, 0.29) is 33.8 Å². The Morgan fingerprint density at radius 1 is 1.10 bits per heavy atom. The standard InChI is InChI=1S/C20H20Cl2N2O5S/c21-17-4-1-5-18(22)16(17)12-30(28,29)24-10-2-3-14(11-24)19(25)23-15-8-6-13(7-9-15)20(26)27/h1,4-9,14H,2-3,10-12H2,(H,23,25)(H,26,27)/t14-/m0/s1. The van der Waals surface area contributed by atoms with Gasteiger partial charge in [0.25, 0.3) is 0 Å². The zero-order chi connectivity index (χ0) is 21.9. The first-order valence-corrected chi connectivity index (χ1v) is 11.6. The fraction of sp³-hybridized carbons (Fsp3) is 0.300. The molecule has 2 aromatic rings. The van der Waals surface area contributed by atoms with Crippen molar-refractivity contribution < 1.29 is 23.1 Å². The van der Waals surface area contributed by atoms with Crippen molar-refractivity contribution >= 4 is 50.8 Å². The van der Waals surface area contributed by atoms with E-state index in [0.717, 1.165) is 0 Å². The zero-order valence-electron chi connectivity index (χ0n) is 15.8. The quantitative estimate of drug-likeness (QED) is 0.666. The summed E-state index contributed by atoms with van der Waals surface area (Å²) in [5.74, 6) is -2.22. The summed E-state index contributed by atoms with van der Waals surface area (Å²) in [6.45, 7) is 0.380. The van der Waals surface area contributed by atoms with E-state index >= 15 is 0 Å². The molecule has 0 aliphatic carbocycles. The highest BCUT2D eigenvalue weighted by Gasteiger charge is 2.33. The predicted octanol–water partition coefficient (Wildman–Crippen LogP) is 3.87. The largest absolute Gasteiger partial charge is 0.478 e. The molecule has 1 atom stereocenters. The Kier molecular flexibility index (Phi) is 7.02.